The number of rotatable bonds is 6. The van der Waals surface area contributed by atoms with Crippen LogP contribution in [-0.2, 0) is 0 Å². The van der Waals surface area contributed by atoms with E-state index in [1.807, 2.05) is 14.1 Å². The van der Waals surface area contributed by atoms with Gasteiger partial charge in [-0.25, -0.2) is 9.78 Å². The summed E-state index contributed by atoms with van der Waals surface area (Å²) in [4.78, 5) is 17.2. The van der Waals surface area contributed by atoms with Crippen LogP contribution in [0.3, 0.4) is 0 Å². The van der Waals surface area contributed by atoms with E-state index in [9.17, 15) is 4.79 Å². The van der Waals surface area contributed by atoms with Crippen LogP contribution in [0.2, 0.25) is 0 Å². The molecule has 1 heterocycles. The SMILES string of the molecule is CN(C)CC(C)(C)CNc1cnc(N)cc1C(=O)O. The van der Waals surface area contributed by atoms with E-state index < -0.39 is 5.97 Å². The van der Waals surface area contributed by atoms with E-state index in [0.717, 1.165) is 6.54 Å². The van der Waals surface area contributed by atoms with Crippen molar-refractivity contribution < 1.29 is 9.90 Å². The zero-order valence-corrected chi connectivity index (χ0v) is 11.9. The largest absolute Gasteiger partial charge is 0.478 e. The molecule has 0 bridgehead atoms. The summed E-state index contributed by atoms with van der Waals surface area (Å²) in [5, 5.41) is 12.3. The fraction of sp³-hybridized carbons (Fsp3) is 0.538. The number of carboxylic acids is 1. The molecule has 1 aromatic heterocycles. The van der Waals surface area contributed by atoms with E-state index in [0.29, 0.717) is 12.2 Å². The molecule has 0 radical (unpaired) electrons. The fourth-order valence-corrected chi connectivity index (χ4v) is 2.04. The first kappa shape index (κ1) is 15.2. The monoisotopic (exact) mass is 266 g/mol. The van der Waals surface area contributed by atoms with Gasteiger partial charge < -0.3 is 21.1 Å². The molecule has 106 valence electrons. The number of aromatic nitrogens is 1. The standard InChI is InChI=1S/C13H22N4O2/c1-13(2,8-17(3)4)7-16-10-6-15-11(14)5-9(10)12(18)19/h5-6,16H,7-8H2,1-4H3,(H2,14,15)(H,18,19). The summed E-state index contributed by atoms with van der Waals surface area (Å²) in [5.74, 6) is -0.808. The normalized spacial score (nSPS) is 11.6. The van der Waals surface area contributed by atoms with Gasteiger partial charge in [0.15, 0.2) is 0 Å². The molecule has 1 aromatic rings. The maximum absolute atomic E-state index is 11.1. The number of hydrogen-bond acceptors (Lipinski definition) is 5. The summed E-state index contributed by atoms with van der Waals surface area (Å²) in [6, 6.07) is 1.36. The van der Waals surface area contributed by atoms with Gasteiger partial charge in [-0.2, -0.15) is 0 Å². The Hall–Kier alpha value is -1.82. The predicted octanol–water partition coefficient (Wildman–Crippen LogP) is 1.36. The lowest BCUT2D eigenvalue weighted by molar-refractivity contribution is 0.0697. The quantitative estimate of drug-likeness (QED) is 0.720. The number of hydrogen-bond donors (Lipinski definition) is 3. The summed E-state index contributed by atoms with van der Waals surface area (Å²) < 4.78 is 0. The van der Waals surface area contributed by atoms with Crippen molar-refractivity contribution in [1.82, 2.24) is 9.88 Å². The smallest absolute Gasteiger partial charge is 0.337 e. The Labute approximate surface area is 113 Å². The number of carbonyl (C=O) groups is 1. The number of nitrogen functional groups attached to an aromatic ring is 1. The third kappa shape index (κ3) is 4.75. The van der Waals surface area contributed by atoms with Crippen LogP contribution < -0.4 is 11.1 Å². The molecule has 4 N–H and O–H groups in total. The lowest BCUT2D eigenvalue weighted by Crippen LogP contribution is -2.34. The van der Waals surface area contributed by atoms with E-state index in [4.69, 9.17) is 10.8 Å². The number of nitrogens with two attached hydrogens (primary N) is 1. The summed E-state index contributed by atoms with van der Waals surface area (Å²) in [7, 11) is 4.02. The van der Waals surface area contributed by atoms with Crippen LogP contribution in [-0.4, -0.2) is 48.1 Å². The van der Waals surface area contributed by atoms with Crippen molar-refractivity contribution in [3.8, 4) is 0 Å². The predicted molar refractivity (Wildman–Crippen MR) is 76.4 cm³/mol. The Morgan fingerprint density at radius 2 is 2.16 bits per heavy atom. The molecule has 0 atom stereocenters. The zero-order valence-electron chi connectivity index (χ0n) is 11.9. The summed E-state index contributed by atoms with van der Waals surface area (Å²) >= 11 is 0. The Bertz CT molecular complexity index is 458. The first-order valence-corrected chi connectivity index (χ1v) is 6.09. The van der Waals surface area contributed by atoms with E-state index in [1.165, 1.54) is 12.3 Å². The molecule has 6 nitrogen and oxygen atoms in total. The molecule has 0 unspecified atom stereocenters. The number of pyridine rings is 1. The van der Waals surface area contributed by atoms with Crippen LogP contribution in [0.5, 0.6) is 0 Å². The van der Waals surface area contributed by atoms with Crippen molar-refractivity contribution in [3.05, 3.63) is 17.8 Å². The summed E-state index contributed by atoms with van der Waals surface area (Å²) in [6.07, 6.45) is 1.46. The van der Waals surface area contributed by atoms with Crippen molar-refractivity contribution in [2.75, 3.05) is 38.2 Å². The molecule has 0 saturated carbocycles. The number of anilines is 2. The van der Waals surface area contributed by atoms with Crippen molar-refractivity contribution in [1.29, 1.82) is 0 Å². The van der Waals surface area contributed by atoms with Gasteiger partial charge in [-0.3, -0.25) is 0 Å². The zero-order chi connectivity index (χ0) is 14.6. The van der Waals surface area contributed by atoms with Crippen molar-refractivity contribution in [3.63, 3.8) is 0 Å². The third-order valence-electron chi connectivity index (χ3n) is 2.66. The molecule has 0 aliphatic carbocycles. The van der Waals surface area contributed by atoms with Crippen molar-refractivity contribution >= 4 is 17.5 Å². The van der Waals surface area contributed by atoms with Crippen LogP contribution >= 0.6 is 0 Å². The highest BCUT2D eigenvalue weighted by Crippen LogP contribution is 2.21. The maximum atomic E-state index is 11.1. The van der Waals surface area contributed by atoms with Gasteiger partial charge in [0.1, 0.15) is 5.82 Å². The minimum Gasteiger partial charge on any atom is -0.478 e. The maximum Gasteiger partial charge on any atom is 0.337 e. The second kappa shape index (κ2) is 5.88. The van der Waals surface area contributed by atoms with E-state index in [-0.39, 0.29) is 16.8 Å². The average Bonchev–Trinajstić information content (AvgIpc) is 2.25. The Morgan fingerprint density at radius 3 is 2.68 bits per heavy atom. The highest BCUT2D eigenvalue weighted by molar-refractivity contribution is 5.94. The van der Waals surface area contributed by atoms with Crippen LogP contribution in [0.1, 0.15) is 24.2 Å². The van der Waals surface area contributed by atoms with Gasteiger partial charge in [0.05, 0.1) is 17.4 Å². The number of nitrogens with one attached hydrogen (secondary N) is 1. The third-order valence-corrected chi connectivity index (χ3v) is 2.66. The fourth-order valence-electron chi connectivity index (χ4n) is 2.04. The first-order valence-electron chi connectivity index (χ1n) is 6.09. The van der Waals surface area contributed by atoms with Crippen molar-refractivity contribution in [2.45, 2.75) is 13.8 Å². The number of nitrogens with zero attached hydrogens (tertiary/aromatic N) is 2. The molecule has 19 heavy (non-hydrogen) atoms. The lowest BCUT2D eigenvalue weighted by atomic mass is 9.93. The highest BCUT2D eigenvalue weighted by Gasteiger charge is 2.20. The Morgan fingerprint density at radius 1 is 1.53 bits per heavy atom. The van der Waals surface area contributed by atoms with Crippen LogP contribution in [0, 0.1) is 5.41 Å². The molecule has 0 amide bonds. The highest BCUT2D eigenvalue weighted by atomic mass is 16.4. The van der Waals surface area contributed by atoms with Gasteiger partial charge >= 0.3 is 5.97 Å². The molecule has 0 aromatic carbocycles. The molecule has 0 aliphatic heterocycles. The number of carboxylic acid groups (broad SMARTS) is 1. The molecule has 0 spiro atoms. The van der Waals surface area contributed by atoms with Gasteiger partial charge in [-0.05, 0) is 25.6 Å². The second-order valence-electron chi connectivity index (χ2n) is 5.72. The van der Waals surface area contributed by atoms with E-state index in [1.54, 1.807) is 0 Å². The number of aromatic carboxylic acids is 1. The molecular formula is C13H22N4O2. The average molecular weight is 266 g/mol. The van der Waals surface area contributed by atoms with Crippen molar-refractivity contribution in [2.24, 2.45) is 5.41 Å². The van der Waals surface area contributed by atoms with Gasteiger partial charge in [-0.15, -0.1) is 0 Å². The van der Waals surface area contributed by atoms with Gasteiger partial charge in [0.25, 0.3) is 0 Å². The Kier molecular flexibility index (Phi) is 4.72. The molecule has 0 saturated heterocycles. The first-order chi connectivity index (χ1) is 8.71. The van der Waals surface area contributed by atoms with Gasteiger partial charge in [0, 0.05) is 13.1 Å². The molecule has 0 aliphatic rings. The van der Waals surface area contributed by atoms with E-state index >= 15 is 0 Å². The van der Waals surface area contributed by atoms with Crippen LogP contribution in [0.25, 0.3) is 0 Å². The van der Waals surface area contributed by atoms with Crippen LogP contribution in [0.15, 0.2) is 12.3 Å². The minimum atomic E-state index is -1.01. The molecule has 0 fully saturated rings. The summed E-state index contributed by atoms with van der Waals surface area (Å²) in [5.41, 5.74) is 6.16. The topological polar surface area (TPSA) is 91.5 Å². The molecule has 6 heteroatoms. The van der Waals surface area contributed by atoms with Crippen LogP contribution in [0.4, 0.5) is 11.5 Å². The second-order valence-corrected chi connectivity index (χ2v) is 5.72. The molecular weight excluding hydrogens is 244 g/mol. The van der Waals surface area contributed by atoms with Gasteiger partial charge in [-0.1, -0.05) is 13.8 Å². The summed E-state index contributed by atoms with van der Waals surface area (Å²) in [6.45, 7) is 5.78. The lowest BCUT2D eigenvalue weighted by Gasteiger charge is -2.29. The Balaban J connectivity index is 2.80. The van der Waals surface area contributed by atoms with E-state index in [2.05, 4.69) is 29.0 Å². The van der Waals surface area contributed by atoms with Gasteiger partial charge in [0.2, 0.25) is 0 Å². The molecule has 1 rings (SSSR count). The minimum absolute atomic E-state index is 0.0145.